The molecule has 8 heteroatoms. The predicted octanol–water partition coefficient (Wildman–Crippen LogP) is 1.94. The number of rotatable bonds is 10. The summed E-state index contributed by atoms with van der Waals surface area (Å²) in [6.45, 7) is 5.12. The van der Waals surface area contributed by atoms with E-state index in [9.17, 15) is 5.11 Å². The number of nitriles is 1. The fourth-order valence-corrected chi connectivity index (χ4v) is 4.68. The van der Waals surface area contributed by atoms with E-state index in [-0.39, 0.29) is 18.8 Å². The molecule has 182 valence electrons. The van der Waals surface area contributed by atoms with Gasteiger partial charge in [-0.05, 0) is 48.4 Å². The lowest BCUT2D eigenvalue weighted by Crippen LogP contribution is -2.60. The molecule has 0 aliphatic carbocycles. The highest BCUT2D eigenvalue weighted by Gasteiger charge is 2.35. The van der Waals surface area contributed by atoms with Gasteiger partial charge in [0.2, 0.25) is 0 Å². The van der Waals surface area contributed by atoms with Crippen molar-refractivity contribution in [2.45, 2.75) is 24.7 Å². The van der Waals surface area contributed by atoms with Crippen LogP contribution in [0.25, 0.3) is 0 Å². The van der Waals surface area contributed by atoms with Crippen molar-refractivity contribution in [1.82, 2.24) is 9.80 Å². The molecule has 0 saturated carbocycles. The van der Waals surface area contributed by atoms with E-state index in [1.807, 2.05) is 12.1 Å². The number of hydrogen-bond donors (Lipinski definition) is 1. The highest BCUT2D eigenvalue weighted by atomic mass is 16.5. The highest BCUT2D eigenvalue weighted by molar-refractivity contribution is 5.43. The van der Waals surface area contributed by atoms with Gasteiger partial charge in [-0.3, -0.25) is 9.80 Å². The van der Waals surface area contributed by atoms with Gasteiger partial charge in [-0.15, -0.1) is 0 Å². The third kappa shape index (κ3) is 6.39. The van der Waals surface area contributed by atoms with Gasteiger partial charge in [-0.2, -0.15) is 5.26 Å². The SMILES string of the molecule is COc1ccc(CCN2CC3CN(CC(O)COc4ccc(C#N)cc4)CC(C2)O3)cc1OC. The van der Waals surface area contributed by atoms with Crippen LogP contribution in [0.5, 0.6) is 17.2 Å². The Morgan fingerprint density at radius 1 is 1.00 bits per heavy atom. The minimum atomic E-state index is -0.587. The van der Waals surface area contributed by atoms with E-state index in [0.717, 1.165) is 50.6 Å². The molecule has 2 aromatic carbocycles. The third-order valence-corrected chi connectivity index (χ3v) is 6.29. The average Bonchev–Trinajstić information content (AvgIpc) is 2.85. The number of aliphatic hydroxyl groups excluding tert-OH is 1. The molecule has 2 saturated heterocycles. The second-order valence-electron chi connectivity index (χ2n) is 8.90. The lowest BCUT2D eigenvalue weighted by atomic mass is 10.1. The lowest BCUT2D eigenvalue weighted by molar-refractivity contribution is -0.143. The number of ether oxygens (including phenoxy) is 4. The summed E-state index contributed by atoms with van der Waals surface area (Å²) in [6, 6.07) is 15.1. The number of aliphatic hydroxyl groups is 1. The summed E-state index contributed by atoms with van der Waals surface area (Å²) >= 11 is 0. The fraction of sp³-hybridized carbons (Fsp3) is 0.500. The molecule has 34 heavy (non-hydrogen) atoms. The van der Waals surface area contributed by atoms with Crippen LogP contribution in [-0.2, 0) is 11.2 Å². The van der Waals surface area contributed by atoms with Gasteiger partial charge in [-0.1, -0.05) is 6.07 Å². The van der Waals surface area contributed by atoms with Crippen molar-refractivity contribution in [3.63, 3.8) is 0 Å². The first-order chi connectivity index (χ1) is 16.6. The topological polar surface area (TPSA) is 87.4 Å². The number of β-amino-alcohol motifs (C(OH)–C–C–N with tert-alkyl or cyclic N) is 1. The van der Waals surface area contributed by atoms with E-state index in [1.54, 1.807) is 38.5 Å². The number of nitrogens with zero attached hydrogens (tertiary/aromatic N) is 3. The van der Waals surface area contributed by atoms with Gasteiger partial charge in [0, 0.05) is 39.3 Å². The number of morpholine rings is 2. The van der Waals surface area contributed by atoms with Crippen molar-refractivity contribution in [2.75, 3.05) is 60.1 Å². The molecular weight excluding hydrogens is 434 g/mol. The van der Waals surface area contributed by atoms with E-state index in [0.29, 0.717) is 17.9 Å². The molecule has 2 heterocycles. The molecule has 0 spiro atoms. The Kier molecular flexibility index (Phi) is 8.25. The zero-order chi connectivity index (χ0) is 23.9. The van der Waals surface area contributed by atoms with Crippen LogP contribution < -0.4 is 14.2 Å². The molecule has 4 rings (SSSR count). The highest BCUT2D eigenvalue weighted by Crippen LogP contribution is 2.28. The lowest BCUT2D eigenvalue weighted by Gasteiger charge is -2.46. The monoisotopic (exact) mass is 467 g/mol. The molecule has 1 N–H and O–H groups in total. The van der Waals surface area contributed by atoms with Crippen LogP contribution in [0.1, 0.15) is 11.1 Å². The summed E-state index contributed by atoms with van der Waals surface area (Å²) in [5.41, 5.74) is 1.81. The first-order valence-corrected chi connectivity index (χ1v) is 11.7. The van der Waals surface area contributed by atoms with Crippen LogP contribution in [-0.4, -0.2) is 93.3 Å². The quantitative estimate of drug-likeness (QED) is 0.567. The van der Waals surface area contributed by atoms with Crippen LogP contribution in [0.2, 0.25) is 0 Å². The average molecular weight is 468 g/mol. The Morgan fingerprint density at radius 3 is 2.32 bits per heavy atom. The van der Waals surface area contributed by atoms with Crippen LogP contribution >= 0.6 is 0 Å². The maximum absolute atomic E-state index is 10.5. The Hall–Kier alpha value is -2.83. The van der Waals surface area contributed by atoms with E-state index in [4.69, 9.17) is 24.2 Å². The molecular formula is C26H33N3O5. The Bertz CT molecular complexity index is 963. The molecule has 8 nitrogen and oxygen atoms in total. The summed E-state index contributed by atoms with van der Waals surface area (Å²) in [7, 11) is 3.31. The van der Waals surface area contributed by atoms with Gasteiger partial charge in [0.1, 0.15) is 18.5 Å². The van der Waals surface area contributed by atoms with Crippen molar-refractivity contribution in [1.29, 1.82) is 5.26 Å². The second-order valence-corrected chi connectivity index (χ2v) is 8.90. The molecule has 2 bridgehead atoms. The van der Waals surface area contributed by atoms with Crippen molar-refractivity contribution in [3.8, 4) is 23.3 Å². The van der Waals surface area contributed by atoms with Gasteiger partial charge >= 0.3 is 0 Å². The Balaban J connectivity index is 1.21. The summed E-state index contributed by atoms with van der Waals surface area (Å²) in [5.74, 6) is 2.16. The van der Waals surface area contributed by atoms with Gasteiger partial charge < -0.3 is 24.1 Å². The van der Waals surface area contributed by atoms with E-state index in [2.05, 4.69) is 21.9 Å². The number of hydrogen-bond acceptors (Lipinski definition) is 8. The fourth-order valence-electron chi connectivity index (χ4n) is 4.68. The first-order valence-electron chi connectivity index (χ1n) is 11.7. The van der Waals surface area contributed by atoms with Crippen molar-refractivity contribution in [3.05, 3.63) is 53.6 Å². The number of benzene rings is 2. The van der Waals surface area contributed by atoms with Crippen molar-refractivity contribution in [2.24, 2.45) is 0 Å². The molecule has 0 aromatic heterocycles. The third-order valence-electron chi connectivity index (χ3n) is 6.29. The maximum Gasteiger partial charge on any atom is 0.160 e. The van der Waals surface area contributed by atoms with E-state index < -0.39 is 6.10 Å². The Labute approximate surface area is 201 Å². The molecule has 2 aliphatic rings. The molecule has 3 atom stereocenters. The number of fused-ring (bicyclic) bond motifs is 2. The molecule has 3 unspecified atom stereocenters. The molecule has 2 fully saturated rings. The smallest absolute Gasteiger partial charge is 0.160 e. The van der Waals surface area contributed by atoms with Crippen LogP contribution in [0.3, 0.4) is 0 Å². The minimum absolute atomic E-state index is 0.143. The van der Waals surface area contributed by atoms with Gasteiger partial charge in [0.25, 0.3) is 0 Å². The standard InChI is InChI=1S/C26H33N3O5/c1-31-25-8-5-19(11-26(25)32-2)9-10-28-14-23-16-29(17-24(15-28)34-23)13-21(30)18-33-22-6-3-20(12-27)4-7-22/h3-8,11,21,23-24,30H,9-10,13-18H2,1-2H3. The van der Waals surface area contributed by atoms with E-state index >= 15 is 0 Å². The van der Waals surface area contributed by atoms with E-state index in [1.165, 1.54) is 5.56 Å². The molecule has 0 radical (unpaired) electrons. The van der Waals surface area contributed by atoms with Gasteiger partial charge in [0.15, 0.2) is 11.5 Å². The summed E-state index contributed by atoms with van der Waals surface area (Å²) < 4.78 is 22.6. The summed E-state index contributed by atoms with van der Waals surface area (Å²) in [5, 5.41) is 19.4. The minimum Gasteiger partial charge on any atom is -0.493 e. The second kappa shape index (κ2) is 11.5. The maximum atomic E-state index is 10.5. The normalized spacial score (nSPS) is 21.5. The molecule has 0 amide bonds. The zero-order valence-electron chi connectivity index (χ0n) is 19.9. The first kappa shape index (κ1) is 24.3. The van der Waals surface area contributed by atoms with Crippen LogP contribution in [0, 0.1) is 11.3 Å². The summed E-state index contributed by atoms with van der Waals surface area (Å²) in [4.78, 5) is 4.74. The zero-order valence-corrected chi connectivity index (χ0v) is 19.9. The Morgan fingerprint density at radius 2 is 1.68 bits per heavy atom. The number of methoxy groups -OCH3 is 2. The van der Waals surface area contributed by atoms with Gasteiger partial charge in [0.05, 0.1) is 38.1 Å². The molecule has 2 aromatic rings. The largest absolute Gasteiger partial charge is 0.493 e. The van der Waals surface area contributed by atoms with Crippen LogP contribution in [0.4, 0.5) is 0 Å². The van der Waals surface area contributed by atoms with Crippen molar-refractivity contribution < 1.29 is 24.1 Å². The van der Waals surface area contributed by atoms with Crippen molar-refractivity contribution >= 4 is 0 Å². The summed E-state index contributed by atoms with van der Waals surface area (Å²) in [6.07, 6.45) is 0.638. The van der Waals surface area contributed by atoms with Gasteiger partial charge in [-0.25, -0.2) is 0 Å². The van der Waals surface area contributed by atoms with Crippen LogP contribution in [0.15, 0.2) is 42.5 Å². The molecule has 2 aliphatic heterocycles. The predicted molar refractivity (Wildman–Crippen MR) is 127 cm³/mol.